The van der Waals surface area contributed by atoms with Gasteiger partial charge in [0.15, 0.2) is 0 Å². The van der Waals surface area contributed by atoms with Gasteiger partial charge in [-0.15, -0.1) is 0 Å². The van der Waals surface area contributed by atoms with Gasteiger partial charge in [0.2, 0.25) is 0 Å². The zero-order chi connectivity index (χ0) is 10.8. The van der Waals surface area contributed by atoms with E-state index in [0.29, 0.717) is 0 Å². The van der Waals surface area contributed by atoms with Crippen molar-refractivity contribution in [1.29, 1.82) is 0 Å². The van der Waals surface area contributed by atoms with Crippen molar-refractivity contribution in [3.63, 3.8) is 0 Å². The van der Waals surface area contributed by atoms with Crippen molar-refractivity contribution in [3.05, 3.63) is 35.1 Å². The maximum Gasteiger partial charge on any atom is 0.120 e. The van der Waals surface area contributed by atoms with E-state index in [1.165, 1.54) is 0 Å². The van der Waals surface area contributed by atoms with Crippen molar-refractivity contribution in [3.8, 4) is 16.9 Å². The first kappa shape index (κ1) is 10.2. The van der Waals surface area contributed by atoms with Crippen LogP contribution in [0.5, 0.6) is 5.75 Å². The van der Waals surface area contributed by atoms with Crippen molar-refractivity contribution < 1.29 is 4.74 Å². The Labute approximate surface area is 96.8 Å². The Morgan fingerprint density at radius 3 is 2.67 bits per heavy atom. The molecule has 0 radical (unpaired) electrons. The van der Waals surface area contributed by atoms with E-state index in [1.54, 1.807) is 11.8 Å². The van der Waals surface area contributed by atoms with Crippen LogP contribution in [0.1, 0.15) is 0 Å². The highest BCUT2D eigenvalue weighted by atomic mass is 79.9. The average molecular weight is 267 g/mol. The van der Waals surface area contributed by atoms with E-state index in [0.717, 1.165) is 21.3 Å². The topological polar surface area (TPSA) is 27.1 Å². The van der Waals surface area contributed by atoms with Gasteiger partial charge in [0, 0.05) is 23.3 Å². The first-order chi connectivity index (χ1) is 7.19. The van der Waals surface area contributed by atoms with Gasteiger partial charge in [0.1, 0.15) is 5.75 Å². The minimum atomic E-state index is 0.836. The minimum absolute atomic E-state index is 0.836. The zero-order valence-electron chi connectivity index (χ0n) is 8.57. The predicted molar refractivity (Wildman–Crippen MR) is 62.9 cm³/mol. The molecule has 15 heavy (non-hydrogen) atoms. The lowest BCUT2D eigenvalue weighted by Gasteiger charge is -2.03. The van der Waals surface area contributed by atoms with E-state index in [-0.39, 0.29) is 0 Å². The van der Waals surface area contributed by atoms with Crippen LogP contribution in [0.15, 0.2) is 35.1 Å². The Kier molecular flexibility index (Phi) is 2.77. The molecule has 3 nitrogen and oxygen atoms in total. The Morgan fingerprint density at radius 2 is 2.07 bits per heavy atom. The number of nitrogens with zero attached hydrogens (tertiary/aromatic N) is 2. The number of rotatable bonds is 2. The quantitative estimate of drug-likeness (QED) is 0.836. The van der Waals surface area contributed by atoms with Gasteiger partial charge in [-0.25, -0.2) is 0 Å². The average Bonchev–Trinajstić information content (AvgIpc) is 2.64. The van der Waals surface area contributed by atoms with Crippen LogP contribution in [0.3, 0.4) is 0 Å². The molecule has 2 aromatic rings. The second kappa shape index (κ2) is 4.06. The Morgan fingerprint density at radius 1 is 1.27 bits per heavy atom. The molecule has 1 heterocycles. The summed E-state index contributed by atoms with van der Waals surface area (Å²) < 4.78 is 7.99. The summed E-state index contributed by atoms with van der Waals surface area (Å²) in [6.45, 7) is 0. The lowest BCUT2D eigenvalue weighted by Crippen LogP contribution is -1.85. The van der Waals surface area contributed by atoms with Crippen molar-refractivity contribution >= 4 is 15.9 Å². The molecule has 0 N–H and O–H groups in total. The fourth-order valence-corrected chi connectivity index (χ4v) is 1.89. The molecule has 0 aliphatic carbocycles. The van der Waals surface area contributed by atoms with Crippen LogP contribution in [-0.2, 0) is 7.05 Å². The smallest absolute Gasteiger partial charge is 0.120 e. The largest absolute Gasteiger partial charge is 0.497 e. The van der Waals surface area contributed by atoms with Crippen molar-refractivity contribution in [2.24, 2.45) is 7.05 Å². The minimum Gasteiger partial charge on any atom is -0.497 e. The maximum atomic E-state index is 5.21. The zero-order valence-corrected chi connectivity index (χ0v) is 10.2. The number of hydrogen-bond acceptors (Lipinski definition) is 2. The van der Waals surface area contributed by atoms with Gasteiger partial charge in [-0.05, 0) is 23.8 Å². The number of ether oxygens (including phenoxy) is 1. The molecule has 0 atom stereocenters. The number of halogens is 1. The lowest BCUT2D eigenvalue weighted by atomic mass is 10.1. The van der Waals surface area contributed by atoms with E-state index in [2.05, 4.69) is 21.0 Å². The van der Waals surface area contributed by atoms with Crippen molar-refractivity contribution in [2.45, 2.75) is 0 Å². The molecule has 0 spiro atoms. The highest BCUT2D eigenvalue weighted by molar-refractivity contribution is 9.10. The molecule has 2 rings (SSSR count). The molecule has 0 saturated heterocycles. The number of aromatic nitrogens is 2. The van der Waals surface area contributed by atoms with Crippen LogP contribution in [0.25, 0.3) is 11.1 Å². The fourth-order valence-electron chi connectivity index (χ4n) is 1.42. The third-order valence-corrected chi connectivity index (χ3v) is 2.60. The Bertz CT molecular complexity index is 479. The first-order valence-electron chi connectivity index (χ1n) is 4.52. The SMILES string of the molecule is COc1cc(Br)cc(-c2cnn(C)c2)c1. The molecule has 0 saturated carbocycles. The number of hydrogen-bond donors (Lipinski definition) is 0. The predicted octanol–water partition coefficient (Wildman–Crippen LogP) is 2.86. The van der Waals surface area contributed by atoms with Gasteiger partial charge in [0.25, 0.3) is 0 Å². The molecule has 1 aromatic heterocycles. The van der Waals surface area contributed by atoms with Gasteiger partial charge in [0.05, 0.1) is 13.3 Å². The molecule has 0 unspecified atom stereocenters. The van der Waals surface area contributed by atoms with Gasteiger partial charge >= 0.3 is 0 Å². The number of aryl methyl sites for hydroxylation is 1. The van der Waals surface area contributed by atoms with Crippen LogP contribution >= 0.6 is 15.9 Å². The molecule has 0 aliphatic rings. The summed E-state index contributed by atoms with van der Waals surface area (Å²) in [5.41, 5.74) is 2.17. The van der Waals surface area contributed by atoms with Gasteiger partial charge in [-0.1, -0.05) is 15.9 Å². The second-order valence-electron chi connectivity index (χ2n) is 3.28. The molecule has 4 heteroatoms. The summed E-state index contributed by atoms with van der Waals surface area (Å²) in [4.78, 5) is 0. The molecule has 0 aliphatic heterocycles. The molecular weight excluding hydrogens is 256 g/mol. The van der Waals surface area contributed by atoms with Crippen LogP contribution in [-0.4, -0.2) is 16.9 Å². The van der Waals surface area contributed by atoms with E-state index in [4.69, 9.17) is 4.74 Å². The summed E-state index contributed by atoms with van der Waals surface area (Å²) in [7, 11) is 3.56. The standard InChI is InChI=1S/C11H11BrN2O/c1-14-7-9(6-13-14)8-3-10(12)5-11(4-8)15-2/h3-7H,1-2H3. The van der Waals surface area contributed by atoms with E-state index in [1.807, 2.05) is 37.6 Å². The Balaban J connectivity index is 2.48. The molecule has 0 fully saturated rings. The first-order valence-corrected chi connectivity index (χ1v) is 5.32. The third kappa shape index (κ3) is 2.21. The highest BCUT2D eigenvalue weighted by Gasteiger charge is 2.03. The van der Waals surface area contributed by atoms with E-state index in [9.17, 15) is 0 Å². The fraction of sp³-hybridized carbons (Fsp3) is 0.182. The van der Waals surface area contributed by atoms with Gasteiger partial charge < -0.3 is 4.74 Å². The highest BCUT2D eigenvalue weighted by Crippen LogP contribution is 2.28. The summed E-state index contributed by atoms with van der Waals surface area (Å²) in [5, 5.41) is 4.14. The lowest BCUT2D eigenvalue weighted by molar-refractivity contribution is 0.414. The van der Waals surface area contributed by atoms with E-state index >= 15 is 0 Å². The molecule has 1 aromatic carbocycles. The third-order valence-electron chi connectivity index (χ3n) is 2.15. The molecule has 0 bridgehead atoms. The van der Waals surface area contributed by atoms with E-state index < -0.39 is 0 Å². The van der Waals surface area contributed by atoms with Crippen LogP contribution < -0.4 is 4.74 Å². The second-order valence-corrected chi connectivity index (χ2v) is 4.20. The number of benzene rings is 1. The summed E-state index contributed by atoms with van der Waals surface area (Å²) in [6, 6.07) is 5.96. The Hall–Kier alpha value is -1.29. The molecule has 78 valence electrons. The maximum absolute atomic E-state index is 5.21. The monoisotopic (exact) mass is 266 g/mol. The normalized spacial score (nSPS) is 10.3. The van der Waals surface area contributed by atoms with Gasteiger partial charge in [-0.3, -0.25) is 4.68 Å². The van der Waals surface area contributed by atoms with Crippen molar-refractivity contribution in [1.82, 2.24) is 9.78 Å². The molecular formula is C11H11BrN2O. The van der Waals surface area contributed by atoms with Crippen LogP contribution in [0.4, 0.5) is 0 Å². The van der Waals surface area contributed by atoms with Crippen LogP contribution in [0, 0.1) is 0 Å². The summed E-state index contributed by atoms with van der Waals surface area (Å²) >= 11 is 3.45. The summed E-state index contributed by atoms with van der Waals surface area (Å²) in [6.07, 6.45) is 3.81. The molecule has 0 amide bonds. The van der Waals surface area contributed by atoms with Crippen LogP contribution in [0.2, 0.25) is 0 Å². The van der Waals surface area contributed by atoms with Gasteiger partial charge in [-0.2, -0.15) is 5.10 Å². The summed E-state index contributed by atoms with van der Waals surface area (Å²) in [5.74, 6) is 0.836. The number of methoxy groups -OCH3 is 1. The van der Waals surface area contributed by atoms with Crippen molar-refractivity contribution in [2.75, 3.05) is 7.11 Å².